The number of nitrogens with one attached hydrogen (secondary N) is 1. The number of fused-ring (bicyclic) bond motifs is 1. The Balaban J connectivity index is 1.98. The van der Waals surface area contributed by atoms with Crippen molar-refractivity contribution >= 4 is 16.7 Å². The van der Waals surface area contributed by atoms with Crippen molar-refractivity contribution in [1.82, 2.24) is 9.97 Å². The summed E-state index contributed by atoms with van der Waals surface area (Å²) in [6.45, 7) is 3.38. The van der Waals surface area contributed by atoms with Crippen molar-refractivity contribution in [2.75, 3.05) is 26.1 Å². The number of alkyl halides is 3. The minimum atomic E-state index is -5.03. The van der Waals surface area contributed by atoms with Crippen molar-refractivity contribution in [1.29, 1.82) is 0 Å². The van der Waals surface area contributed by atoms with Crippen molar-refractivity contribution in [2.45, 2.75) is 39.1 Å². The molecule has 0 amide bonds. The standard InChI is InChI=1S/C23H24F5N3O3/c1-5-15(32-3)11-34-20-8-16-18(9-19(20)33-4)30-12(2)31-22(16)29-10-13-6-14(24)7-17(21(13)25)23(26,27)28/h6-9,15H,5,10-11H2,1-4H3,(H,29,30,31). The Morgan fingerprint density at radius 2 is 1.76 bits per heavy atom. The van der Waals surface area contributed by atoms with Gasteiger partial charge in [0, 0.05) is 30.7 Å². The molecule has 0 aliphatic rings. The number of rotatable bonds is 9. The Morgan fingerprint density at radius 1 is 1.03 bits per heavy atom. The van der Waals surface area contributed by atoms with Gasteiger partial charge in [-0.15, -0.1) is 0 Å². The lowest BCUT2D eigenvalue weighted by Crippen LogP contribution is -2.19. The fourth-order valence-corrected chi connectivity index (χ4v) is 3.35. The van der Waals surface area contributed by atoms with Crippen LogP contribution in [0, 0.1) is 18.6 Å². The van der Waals surface area contributed by atoms with Gasteiger partial charge in [0.15, 0.2) is 11.5 Å². The molecule has 184 valence electrons. The zero-order chi connectivity index (χ0) is 25.0. The second-order valence-corrected chi connectivity index (χ2v) is 7.49. The normalized spacial score (nSPS) is 12.6. The lowest BCUT2D eigenvalue weighted by atomic mass is 10.1. The first-order chi connectivity index (χ1) is 16.1. The maximum atomic E-state index is 14.4. The molecule has 34 heavy (non-hydrogen) atoms. The average Bonchev–Trinajstić information content (AvgIpc) is 2.78. The fourth-order valence-electron chi connectivity index (χ4n) is 3.35. The first kappa shape index (κ1) is 25.4. The molecule has 11 heteroatoms. The number of aryl methyl sites for hydroxylation is 1. The predicted octanol–water partition coefficient (Wildman–Crippen LogP) is 5.66. The van der Waals surface area contributed by atoms with Gasteiger partial charge < -0.3 is 19.5 Å². The summed E-state index contributed by atoms with van der Waals surface area (Å²) < 4.78 is 83.9. The van der Waals surface area contributed by atoms with Crippen LogP contribution in [-0.4, -0.2) is 36.9 Å². The molecule has 3 rings (SSSR count). The molecule has 3 aromatic rings. The molecular formula is C23H24F5N3O3. The van der Waals surface area contributed by atoms with Gasteiger partial charge in [0.05, 0.1) is 24.3 Å². The largest absolute Gasteiger partial charge is 0.493 e. The van der Waals surface area contributed by atoms with E-state index in [1.807, 2.05) is 6.92 Å². The third kappa shape index (κ3) is 5.64. The molecular weight excluding hydrogens is 461 g/mol. The van der Waals surface area contributed by atoms with Gasteiger partial charge >= 0.3 is 6.18 Å². The van der Waals surface area contributed by atoms with Crippen molar-refractivity contribution in [3.8, 4) is 11.5 Å². The quantitative estimate of drug-likeness (QED) is 0.395. The second-order valence-electron chi connectivity index (χ2n) is 7.49. The molecule has 0 aliphatic carbocycles. The highest BCUT2D eigenvalue weighted by Crippen LogP contribution is 2.36. The maximum absolute atomic E-state index is 14.4. The van der Waals surface area contributed by atoms with Gasteiger partial charge in [-0.1, -0.05) is 6.92 Å². The highest BCUT2D eigenvalue weighted by Gasteiger charge is 2.35. The molecule has 0 saturated carbocycles. The summed E-state index contributed by atoms with van der Waals surface area (Å²) in [5, 5.41) is 3.26. The van der Waals surface area contributed by atoms with Gasteiger partial charge in [-0.25, -0.2) is 18.7 Å². The number of anilines is 1. The molecule has 1 heterocycles. The number of hydrogen-bond donors (Lipinski definition) is 1. The predicted molar refractivity (Wildman–Crippen MR) is 116 cm³/mol. The zero-order valence-corrected chi connectivity index (χ0v) is 19.0. The monoisotopic (exact) mass is 485 g/mol. The minimum absolute atomic E-state index is 0.128. The summed E-state index contributed by atoms with van der Waals surface area (Å²) in [5.41, 5.74) is -1.70. The van der Waals surface area contributed by atoms with E-state index in [0.717, 1.165) is 6.42 Å². The van der Waals surface area contributed by atoms with Crippen LogP contribution < -0.4 is 14.8 Å². The average molecular weight is 485 g/mol. The number of benzene rings is 2. The van der Waals surface area contributed by atoms with E-state index in [9.17, 15) is 22.0 Å². The summed E-state index contributed by atoms with van der Waals surface area (Å²) >= 11 is 0. The second kappa shape index (κ2) is 10.4. The third-order valence-corrected chi connectivity index (χ3v) is 5.17. The number of hydrogen-bond acceptors (Lipinski definition) is 6. The molecule has 0 aliphatic heterocycles. The number of halogens is 5. The zero-order valence-electron chi connectivity index (χ0n) is 19.0. The minimum Gasteiger partial charge on any atom is -0.493 e. The number of methoxy groups -OCH3 is 2. The van der Waals surface area contributed by atoms with Crippen LogP contribution in [0.5, 0.6) is 11.5 Å². The number of ether oxygens (including phenoxy) is 3. The van der Waals surface area contributed by atoms with Crippen LogP contribution in [-0.2, 0) is 17.5 Å². The van der Waals surface area contributed by atoms with Crippen LogP contribution in [0.3, 0.4) is 0 Å². The van der Waals surface area contributed by atoms with Gasteiger partial charge in [-0.2, -0.15) is 13.2 Å². The molecule has 2 aromatic carbocycles. The molecule has 6 nitrogen and oxygen atoms in total. The molecule has 1 unspecified atom stereocenters. The molecule has 0 radical (unpaired) electrons. The highest BCUT2D eigenvalue weighted by atomic mass is 19.4. The molecule has 0 saturated heterocycles. The Hall–Kier alpha value is -3.21. The summed E-state index contributed by atoms with van der Waals surface area (Å²) in [6, 6.07) is 4.08. The number of nitrogens with zero attached hydrogens (tertiary/aromatic N) is 2. The SMILES string of the molecule is CCC(COc1cc2c(NCc3cc(F)cc(C(F)(F)F)c3F)nc(C)nc2cc1OC)OC. The van der Waals surface area contributed by atoms with E-state index < -0.39 is 35.5 Å². The lowest BCUT2D eigenvalue weighted by molar-refractivity contribution is -0.140. The van der Waals surface area contributed by atoms with Crippen molar-refractivity contribution in [3.05, 3.63) is 52.9 Å². The van der Waals surface area contributed by atoms with E-state index in [2.05, 4.69) is 15.3 Å². The van der Waals surface area contributed by atoms with E-state index in [0.29, 0.717) is 34.3 Å². The summed E-state index contributed by atoms with van der Waals surface area (Å²) in [6.07, 6.45) is -4.45. The maximum Gasteiger partial charge on any atom is 0.419 e. The molecule has 1 N–H and O–H groups in total. The van der Waals surface area contributed by atoms with Gasteiger partial charge in [0.1, 0.15) is 29.9 Å². The van der Waals surface area contributed by atoms with E-state index in [-0.39, 0.29) is 24.6 Å². The molecule has 1 aromatic heterocycles. The van der Waals surface area contributed by atoms with Crippen molar-refractivity contribution < 1.29 is 36.2 Å². The fraction of sp³-hybridized carbons (Fsp3) is 0.391. The first-order valence-corrected chi connectivity index (χ1v) is 10.4. The van der Waals surface area contributed by atoms with Crippen LogP contribution in [0.4, 0.5) is 27.8 Å². The van der Waals surface area contributed by atoms with Crippen molar-refractivity contribution in [2.24, 2.45) is 0 Å². The molecule has 0 spiro atoms. The molecule has 0 bridgehead atoms. The smallest absolute Gasteiger partial charge is 0.419 e. The Labute approximate surface area is 193 Å². The Bertz CT molecular complexity index is 1170. The van der Waals surface area contributed by atoms with E-state index in [1.165, 1.54) is 7.11 Å². The summed E-state index contributed by atoms with van der Waals surface area (Å²) in [4.78, 5) is 8.63. The van der Waals surface area contributed by atoms with Crippen LogP contribution in [0.25, 0.3) is 10.9 Å². The van der Waals surface area contributed by atoms with Crippen LogP contribution in [0.2, 0.25) is 0 Å². The van der Waals surface area contributed by atoms with Crippen LogP contribution in [0.15, 0.2) is 24.3 Å². The van der Waals surface area contributed by atoms with Crippen LogP contribution in [0.1, 0.15) is 30.3 Å². The third-order valence-electron chi connectivity index (χ3n) is 5.17. The topological polar surface area (TPSA) is 65.5 Å². The van der Waals surface area contributed by atoms with E-state index >= 15 is 0 Å². The first-order valence-electron chi connectivity index (χ1n) is 10.4. The summed E-state index contributed by atoms with van der Waals surface area (Å²) in [5.74, 6) is -1.39. The lowest BCUT2D eigenvalue weighted by Gasteiger charge is -2.18. The van der Waals surface area contributed by atoms with Gasteiger partial charge in [0.25, 0.3) is 0 Å². The molecule has 0 fully saturated rings. The van der Waals surface area contributed by atoms with Crippen molar-refractivity contribution in [3.63, 3.8) is 0 Å². The summed E-state index contributed by atoms with van der Waals surface area (Å²) in [7, 11) is 3.04. The van der Waals surface area contributed by atoms with Gasteiger partial charge in [-0.3, -0.25) is 0 Å². The van der Waals surface area contributed by atoms with E-state index in [4.69, 9.17) is 14.2 Å². The van der Waals surface area contributed by atoms with Gasteiger partial charge in [0.2, 0.25) is 0 Å². The van der Waals surface area contributed by atoms with Crippen LogP contribution >= 0.6 is 0 Å². The Morgan fingerprint density at radius 3 is 2.38 bits per heavy atom. The number of aromatic nitrogens is 2. The van der Waals surface area contributed by atoms with E-state index in [1.54, 1.807) is 26.2 Å². The highest BCUT2D eigenvalue weighted by molar-refractivity contribution is 5.91. The van der Waals surface area contributed by atoms with Gasteiger partial charge in [-0.05, 0) is 31.5 Å². The molecule has 1 atom stereocenters. The Kier molecular flexibility index (Phi) is 7.75.